The minimum absolute atomic E-state index is 0.0623. The van der Waals surface area contributed by atoms with Crippen molar-refractivity contribution in [2.45, 2.75) is 39.4 Å². The van der Waals surface area contributed by atoms with Crippen LogP contribution in [0, 0.1) is 5.82 Å². The summed E-state index contributed by atoms with van der Waals surface area (Å²) in [6, 6.07) is 19.6. The largest absolute Gasteiger partial charge is 0.385 e. The Bertz CT molecular complexity index is 1100. The number of carbonyl (C=O) groups excluding carboxylic acids is 2. The molecule has 3 aromatic rings. The Balaban J connectivity index is 1.75. The molecule has 186 valence electrons. The standard InChI is InChI=1S/C28H34FN3O3/c1-22(2)32(20-26-14-8-15-30(26)19-23-10-5-4-6-11-23)27(33)21-31(16-9-17-35-3)28(34)24-12-7-13-25(29)18-24/h4-8,10-15,18,22H,9,16-17,19-21H2,1-3H3. The maximum atomic E-state index is 13.7. The molecule has 2 aromatic carbocycles. The molecule has 0 aliphatic rings. The van der Waals surface area contributed by atoms with Gasteiger partial charge in [0, 0.05) is 50.3 Å². The van der Waals surface area contributed by atoms with Crippen LogP contribution in [0.2, 0.25) is 0 Å². The summed E-state index contributed by atoms with van der Waals surface area (Å²) in [5.74, 6) is -1.01. The highest BCUT2D eigenvalue weighted by molar-refractivity contribution is 5.96. The van der Waals surface area contributed by atoms with E-state index in [4.69, 9.17) is 4.74 Å². The van der Waals surface area contributed by atoms with E-state index in [2.05, 4.69) is 16.7 Å². The van der Waals surface area contributed by atoms with Crippen LogP contribution in [0.3, 0.4) is 0 Å². The lowest BCUT2D eigenvalue weighted by Crippen LogP contribution is -2.46. The molecule has 0 spiro atoms. The number of nitrogens with zero attached hydrogens (tertiary/aromatic N) is 3. The molecule has 0 saturated carbocycles. The van der Waals surface area contributed by atoms with E-state index in [1.807, 2.05) is 50.4 Å². The molecule has 1 aromatic heterocycles. The predicted octanol–water partition coefficient (Wildman–Crippen LogP) is 4.59. The number of rotatable bonds is 12. The highest BCUT2D eigenvalue weighted by Crippen LogP contribution is 2.15. The average molecular weight is 480 g/mol. The first-order valence-electron chi connectivity index (χ1n) is 11.9. The summed E-state index contributed by atoms with van der Waals surface area (Å²) in [5.41, 5.74) is 2.42. The Morgan fingerprint density at radius 2 is 1.80 bits per heavy atom. The Labute approximate surface area is 206 Å². The van der Waals surface area contributed by atoms with Crippen molar-refractivity contribution in [3.05, 3.63) is 95.6 Å². The van der Waals surface area contributed by atoms with E-state index < -0.39 is 5.82 Å². The fourth-order valence-electron chi connectivity index (χ4n) is 3.97. The van der Waals surface area contributed by atoms with Crippen molar-refractivity contribution in [1.29, 1.82) is 0 Å². The van der Waals surface area contributed by atoms with E-state index in [1.54, 1.807) is 18.1 Å². The molecule has 7 heteroatoms. The second kappa shape index (κ2) is 12.9. The molecule has 0 fully saturated rings. The molecule has 0 bridgehead atoms. The smallest absolute Gasteiger partial charge is 0.254 e. The van der Waals surface area contributed by atoms with E-state index in [9.17, 15) is 14.0 Å². The van der Waals surface area contributed by atoms with Crippen LogP contribution >= 0.6 is 0 Å². The van der Waals surface area contributed by atoms with Gasteiger partial charge < -0.3 is 19.1 Å². The first-order valence-corrected chi connectivity index (χ1v) is 11.9. The molecule has 0 radical (unpaired) electrons. The molecule has 3 rings (SSSR count). The molecule has 0 aliphatic heterocycles. The van der Waals surface area contributed by atoms with Gasteiger partial charge in [-0.2, -0.15) is 0 Å². The lowest BCUT2D eigenvalue weighted by atomic mass is 10.1. The minimum Gasteiger partial charge on any atom is -0.385 e. The van der Waals surface area contributed by atoms with Gasteiger partial charge in [0.15, 0.2) is 0 Å². The van der Waals surface area contributed by atoms with Crippen LogP contribution < -0.4 is 0 Å². The number of halogens is 1. The van der Waals surface area contributed by atoms with Crippen molar-refractivity contribution < 1.29 is 18.7 Å². The van der Waals surface area contributed by atoms with Crippen LogP contribution in [0.5, 0.6) is 0 Å². The van der Waals surface area contributed by atoms with Gasteiger partial charge >= 0.3 is 0 Å². The van der Waals surface area contributed by atoms with Crippen LogP contribution in [0.1, 0.15) is 41.9 Å². The summed E-state index contributed by atoms with van der Waals surface area (Å²) < 4.78 is 21.0. The van der Waals surface area contributed by atoms with E-state index in [0.29, 0.717) is 32.7 Å². The molecule has 6 nitrogen and oxygen atoms in total. The Hall–Kier alpha value is -3.45. The maximum Gasteiger partial charge on any atom is 0.254 e. The zero-order valence-electron chi connectivity index (χ0n) is 20.7. The van der Waals surface area contributed by atoms with Gasteiger partial charge in [0.2, 0.25) is 5.91 Å². The summed E-state index contributed by atoms with van der Waals surface area (Å²) in [4.78, 5) is 29.8. The van der Waals surface area contributed by atoms with Gasteiger partial charge in [-0.15, -0.1) is 0 Å². The number of ether oxygens (including phenoxy) is 1. The number of carbonyl (C=O) groups is 2. The topological polar surface area (TPSA) is 54.8 Å². The van der Waals surface area contributed by atoms with Gasteiger partial charge in [-0.05, 0) is 56.2 Å². The Kier molecular flexibility index (Phi) is 9.61. The van der Waals surface area contributed by atoms with Gasteiger partial charge in [0.1, 0.15) is 12.4 Å². The summed E-state index contributed by atoms with van der Waals surface area (Å²) in [6.45, 7) is 5.78. The SMILES string of the molecule is COCCCN(CC(=O)N(Cc1cccn1Cc1ccccc1)C(C)C)C(=O)c1cccc(F)c1. The van der Waals surface area contributed by atoms with Gasteiger partial charge in [-0.1, -0.05) is 36.4 Å². The molecule has 1 heterocycles. The maximum absolute atomic E-state index is 13.7. The molecule has 0 N–H and O–H groups in total. The number of aromatic nitrogens is 1. The van der Waals surface area contributed by atoms with E-state index in [0.717, 1.165) is 5.69 Å². The summed E-state index contributed by atoms with van der Waals surface area (Å²) in [5, 5.41) is 0. The van der Waals surface area contributed by atoms with Crippen LogP contribution in [-0.4, -0.2) is 59.0 Å². The van der Waals surface area contributed by atoms with Gasteiger partial charge in [0.25, 0.3) is 5.91 Å². The minimum atomic E-state index is -0.484. The van der Waals surface area contributed by atoms with Crippen molar-refractivity contribution in [2.24, 2.45) is 0 Å². The van der Waals surface area contributed by atoms with Gasteiger partial charge in [-0.25, -0.2) is 4.39 Å². The number of hydrogen-bond acceptors (Lipinski definition) is 3. The van der Waals surface area contributed by atoms with E-state index >= 15 is 0 Å². The zero-order chi connectivity index (χ0) is 25.2. The zero-order valence-corrected chi connectivity index (χ0v) is 20.7. The summed E-state index contributed by atoms with van der Waals surface area (Å²) in [6.07, 6.45) is 2.59. The average Bonchev–Trinajstić information content (AvgIpc) is 3.28. The molecule has 0 atom stereocenters. The normalized spacial score (nSPS) is 11.0. The lowest BCUT2D eigenvalue weighted by molar-refractivity contribution is -0.134. The first kappa shape index (κ1) is 26.2. The second-order valence-corrected chi connectivity index (χ2v) is 8.81. The number of benzene rings is 2. The monoisotopic (exact) mass is 479 g/mol. The third kappa shape index (κ3) is 7.52. The van der Waals surface area contributed by atoms with Crippen molar-refractivity contribution >= 4 is 11.8 Å². The van der Waals surface area contributed by atoms with E-state index in [1.165, 1.54) is 28.7 Å². The van der Waals surface area contributed by atoms with Crippen molar-refractivity contribution in [2.75, 3.05) is 26.8 Å². The van der Waals surface area contributed by atoms with Crippen molar-refractivity contribution in [3.63, 3.8) is 0 Å². The Morgan fingerprint density at radius 3 is 2.49 bits per heavy atom. The van der Waals surface area contributed by atoms with Crippen molar-refractivity contribution in [3.8, 4) is 0 Å². The first-order chi connectivity index (χ1) is 16.9. The number of methoxy groups -OCH3 is 1. The van der Waals surface area contributed by atoms with E-state index in [-0.39, 0.29) is 30.0 Å². The fourth-order valence-corrected chi connectivity index (χ4v) is 3.97. The molecular weight excluding hydrogens is 445 g/mol. The predicted molar refractivity (Wildman–Crippen MR) is 134 cm³/mol. The third-order valence-electron chi connectivity index (χ3n) is 5.86. The lowest BCUT2D eigenvalue weighted by Gasteiger charge is -2.31. The highest BCUT2D eigenvalue weighted by atomic mass is 19.1. The van der Waals surface area contributed by atoms with Crippen LogP contribution in [0.4, 0.5) is 4.39 Å². The van der Waals surface area contributed by atoms with Crippen LogP contribution in [0.15, 0.2) is 72.9 Å². The van der Waals surface area contributed by atoms with Crippen LogP contribution in [-0.2, 0) is 22.6 Å². The van der Waals surface area contributed by atoms with Crippen molar-refractivity contribution in [1.82, 2.24) is 14.4 Å². The number of hydrogen-bond donors (Lipinski definition) is 0. The number of amides is 2. The van der Waals surface area contributed by atoms with Crippen LogP contribution in [0.25, 0.3) is 0 Å². The summed E-state index contributed by atoms with van der Waals surface area (Å²) >= 11 is 0. The second-order valence-electron chi connectivity index (χ2n) is 8.81. The summed E-state index contributed by atoms with van der Waals surface area (Å²) in [7, 11) is 1.59. The third-order valence-corrected chi connectivity index (χ3v) is 5.86. The molecule has 0 unspecified atom stereocenters. The van der Waals surface area contributed by atoms with Gasteiger partial charge in [-0.3, -0.25) is 9.59 Å². The quantitative estimate of drug-likeness (QED) is 0.357. The fraction of sp³-hybridized carbons (Fsp3) is 0.357. The molecule has 0 saturated heterocycles. The molecule has 35 heavy (non-hydrogen) atoms. The molecule has 0 aliphatic carbocycles. The van der Waals surface area contributed by atoms with Gasteiger partial charge in [0.05, 0.1) is 6.54 Å². The molecule has 2 amide bonds. The molecular formula is C28H34FN3O3. The highest BCUT2D eigenvalue weighted by Gasteiger charge is 2.25. The Morgan fingerprint density at radius 1 is 1.03 bits per heavy atom.